The molecule has 9 heteroatoms. The fraction of sp³-hybridized carbons (Fsp3) is 0.214. The highest BCUT2D eigenvalue weighted by molar-refractivity contribution is 5.93. The van der Waals surface area contributed by atoms with Crippen molar-refractivity contribution in [2.24, 2.45) is 0 Å². The van der Waals surface area contributed by atoms with Crippen LogP contribution in [0.2, 0.25) is 0 Å². The fourth-order valence-corrected chi connectivity index (χ4v) is 3.74. The number of methoxy groups -OCH3 is 2. The maximum absolute atomic E-state index is 13.5. The molecule has 2 amide bonds. The molecule has 2 aromatic heterocycles. The zero-order valence-corrected chi connectivity index (χ0v) is 20.7. The summed E-state index contributed by atoms with van der Waals surface area (Å²) < 4.78 is 16.2. The number of carbonyl (C=O) groups is 2. The minimum absolute atomic E-state index is 0.125. The Bertz CT molecular complexity index is 1320. The van der Waals surface area contributed by atoms with E-state index in [-0.39, 0.29) is 30.5 Å². The number of pyridine rings is 1. The molecule has 9 nitrogen and oxygen atoms in total. The molecule has 190 valence electrons. The van der Waals surface area contributed by atoms with Crippen molar-refractivity contribution in [2.75, 3.05) is 20.8 Å². The van der Waals surface area contributed by atoms with E-state index in [2.05, 4.69) is 15.5 Å². The summed E-state index contributed by atoms with van der Waals surface area (Å²) in [6.45, 7) is 0.839. The van der Waals surface area contributed by atoms with E-state index >= 15 is 0 Å². The van der Waals surface area contributed by atoms with Crippen molar-refractivity contribution < 1.29 is 23.6 Å². The number of amides is 2. The van der Waals surface area contributed by atoms with Crippen molar-refractivity contribution in [2.45, 2.75) is 19.5 Å². The quantitative estimate of drug-likeness (QED) is 0.330. The topological polar surface area (TPSA) is 107 Å². The van der Waals surface area contributed by atoms with Gasteiger partial charge in [0.2, 0.25) is 5.91 Å². The van der Waals surface area contributed by atoms with Gasteiger partial charge in [-0.2, -0.15) is 0 Å². The molecule has 0 bridgehead atoms. The van der Waals surface area contributed by atoms with E-state index < -0.39 is 0 Å². The molecule has 4 rings (SSSR count). The van der Waals surface area contributed by atoms with E-state index in [1.165, 1.54) is 0 Å². The molecule has 0 saturated carbocycles. The van der Waals surface area contributed by atoms with Crippen LogP contribution in [0.3, 0.4) is 0 Å². The molecule has 0 atom stereocenters. The van der Waals surface area contributed by atoms with Crippen molar-refractivity contribution in [3.63, 3.8) is 0 Å². The second-order valence-electron chi connectivity index (χ2n) is 8.20. The van der Waals surface area contributed by atoms with Crippen LogP contribution < -0.4 is 14.8 Å². The molecule has 0 saturated heterocycles. The number of hydrogen-bond donors (Lipinski definition) is 1. The van der Waals surface area contributed by atoms with Crippen molar-refractivity contribution in [1.82, 2.24) is 20.4 Å². The molecular weight excluding hydrogens is 472 g/mol. The first-order valence-corrected chi connectivity index (χ1v) is 11.8. The van der Waals surface area contributed by atoms with Crippen LogP contribution in [0.5, 0.6) is 11.5 Å². The summed E-state index contributed by atoms with van der Waals surface area (Å²) >= 11 is 0. The van der Waals surface area contributed by atoms with E-state index in [9.17, 15) is 9.59 Å². The summed E-state index contributed by atoms with van der Waals surface area (Å²) in [7, 11) is 3.11. The van der Waals surface area contributed by atoms with E-state index in [0.29, 0.717) is 35.9 Å². The van der Waals surface area contributed by atoms with Crippen LogP contribution in [0.15, 0.2) is 83.5 Å². The van der Waals surface area contributed by atoms with Gasteiger partial charge in [-0.25, -0.2) is 0 Å². The smallest absolute Gasteiger partial charge is 0.276 e. The minimum Gasteiger partial charge on any atom is -0.497 e. The summed E-state index contributed by atoms with van der Waals surface area (Å²) in [4.78, 5) is 31.8. The number of benzene rings is 2. The largest absolute Gasteiger partial charge is 0.497 e. The average Bonchev–Trinajstić information content (AvgIpc) is 3.45. The van der Waals surface area contributed by atoms with Gasteiger partial charge in [0.15, 0.2) is 11.5 Å². The van der Waals surface area contributed by atoms with Crippen LogP contribution >= 0.6 is 0 Å². The second-order valence-corrected chi connectivity index (χ2v) is 8.20. The fourth-order valence-electron chi connectivity index (χ4n) is 3.74. The Hall–Kier alpha value is -4.66. The van der Waals surface area contributed by atoms with Gasteiger partial charge in [-0.15, -0.1) is 0 Å². The lowest BCUT2D eigenvalue weighted by molar-refractivity contribution is -0.121. The molecule has 37 heavy (non-hydrogen) atoms. The molecule has 1 N–H and O–H groups in total. The van der Waals surface area contributed by atoms with Crippen molar-refractivity contribution in [1.29, 1.82) is 0 Å². The number of hydrogen-bond acceptors (Lipinski definition) is 7. The van der Waals surface area contributed by atoms with Crippen molar-refractivity contribution in [3.05, 3.63) is 95.9 Å². The Morgan fingerprint density at radius 1 is 0.973 bits per heavy atom. The Morgan fingerprint density at radius 2 is 1.78 bits per heavy atom. The van der Waals surface area contributed by atoms with Crippen LogP contribution in [0, 0.1) is 0 Å². The molecule has 0 fully saturated rings. The van der Waals surface area contributed by atoms with E-state index in [0.717, 1.165) is 11.3 Å². The molecule has 0 aliphatic heterocycles. The first-order valence-electron chi connectivity index (χ1n) is 11.8. The first kappa shape index (κ1) is 25.4. The van der Waals surface area contributed by atoms with Gasteiger partial charge in [-0.1, -0.05) is 41.6 Å². The highest BCUT2D eigenvalue weighted by Crippen LogP contribution is 2.34. The molecule has 0 radical (unpaired) electrons. The number of rotatable bonds is 11. The summed E-state index contributed by atoms with van der Waals surface area (Å²) in [5.41, 5.74) is 2.43. The zero-order chi connectivity index (χ0) is 26.0. The molecule has 0 unspecified atom stereocenters. The predicted octanol–water partition coefficient (Wildman–Crippen LogP) is 4.10. The van der Waals surface area contributed by atoms with Gasteiger partial charge >= 0.3 is 0 Å². The highest BCUT2D eigenvalue weighted by Gasteiger charge is 2.23. The van der Waals surface area contributed by atoms with Gasteiger partial charge in [-0.3, -0.25) is 14.6 Å². The van der Waals surface area contributed by atoms with E-state index in [1.54, 1.807) is 49.6 Å². The lowest BCUT2D eigenvalue weighted by Crippen LogP contribution is -2.35. The van der Waals surface area contributed by atoms with Crippen molar-refractivity contribution in [3.8, 4) is 22.8 Å². The van der Waals surface area contributed by atoms with Crippen LogP contribution in [0.4, 0.5) is 0 Å². The molecule has 2 heterocycles. The van der Waals surface area contributed by atoms with Crippen LogP contribution in [-0.2, 0) is 17.9 Å². The maximum atomic E-state index is 13.5. The Labute approximate surface area is 215 Å². The number of aromatic nitrogens is 2. The van der Waals surface area contributed by atoms with Crippen LogP contribution in [0.25, 0.3) is 11.3 Å². The predicted molar refractivity (Wildman–Crippen MR) is 137 cm³/mol. The molecular formula is C28H28N4O5. The standard InChI is InChI=1S/C28H28N4O5/c1-35-22-11-12-25(36-2)23(16-22)26-17-24(31-37-26)28(34)32(19-20-8-4-3-5-9-20)15-13-27(33)30-18-21-10-6-7-14-29-21/h3-12,14,16-17H,13,15,18-19H2,1-2H3,(H,30,33). The normalized spacial score (nSPS) is 10.5. The van der Waals surface area contributed by atoms with E-state index in [1.807, 2.05) is 48.5 Å². The van der Waals surface area contributed by atoms with Crippen molar-refractivity contribution >= 4 is 11.8 Å². The van der Waals surface area contributed by atoms with Gasteiger partial charge < -0.3 is 24.2 Å². The molecule has 0 aliphatic rings. The van der Waals surface area contributed by atoms with Gasteiger partial charge in [0.25, 0.3) is 5.91 Å². The second kappa shape index (κ2) is 12.3. The Morgan fingerprint density at radius 3 is 2.51 bits per heavy atom. The highest BCUT2D eigenvalue weighted by atomic mass is 16.5. The lowest BCUT2D eigenvalue weighted by Gasteiger charge is -2.21. The molecule has 4 aromatic rings. The van der Waals surface area contributed by atoms with Crippen LogP contribution in [-0.4, -0.2) is 47.6 Å². The lowest BCUT2D eigenvalue weighted by atomic mass is 10.1. The molecule has 2 aromatic carbocycles. The number of nitrogens with zero attached hydrogens (tertiary/aromatic N) is 3. The third-order valence-corrected chi connectivity index (χ3v) is 5.71. The van der Waals surface area contributed by atoms with Gasteiger partial charge in [0.1, 0.15) is 11.5 Å². The van der Waals surface area contributed by atoms with Gasteiger partial charge in [-0.05, 0) is 35.9 Å². The zero-order valence-electron chi connectivity index (χ0n) is 20.7. The summed E-state index contributed by atoms with van der Waals surface area (Å²) in [6.07, 6.45) is 1.80. The van der Waals surface area contributed by atoms with E-state index in [4.69, 9.17) is 14.0 Å². The number of nitrogens with one attached hydrogen (secondary N) is 1. The number of carbonyl (C=O) groups excluding carboxylic acids is 2. The third-order valence-electron chi connectivity index (χ3n) is 5.71. The molecule has 0 aliphatic carbocycles. The monoisotopic (exact) mass is 500 g/mol. The van der Waals surface area contributed by atoms with Gasteiger partial charge in [0, 0.05) is 31.8 Å². The third kappa shape index (κ3) is 6.72. The molecule has 0 spiro atoms. The van der Waals surface area contributed by atoms with Crippen LogP contribution in [0.1, 0.15) is 28.2 Å². The van der Waals surface area contributed by atoms with Gasteiger partial charge in [0.05, 0.1) is 32.0 Å². The maximum Gasteiger partial charge on any atom is 0.276 e. The summed E-state index contributed by atoms with van der Waals surface area (Å²) in [6, 6.07) is 21.9. The summed E-state index contributed by atoms with van der Waals surface area (Å²) in [5.74, 6) is 1.01. The Kier molecular flexibility index (Phi) is 8.49. The first-order chi connectivity index (χ1) is 18.1. The number of ether oxygens (including phenoxy) is 2. The SMILES string of the molecule is COc1ccc(OC)c(-c2cc(C(=O)N(CCC(=O)NCc3ccccn3)Cc3ccccc3)no2)c1. The minimum atomic E-state index is -0.349. The summed E-state index contributed by atoms with van der Waals surface area (Å²) in [5, 5.41) is 6.86. The average molecular weight is 501 g/mol. The Balaban J connectivity index is 1.49.